The van der Waals surface area contributed by atoms with Crippen molar-refractivity contribution in [2.24, 2.45) is 11.1 Å². The fraction of sp³-hybridized carbons (Fsp3) is 0.875. The first-order chi connectivity index (χ1) is 5.40. The van der Waals surface area contributed by atoms with Crippen molar-refractivity contribution < 1.29 is 9.90 Å². The van der Waals surface area contributed by atoms with Crippen LogP contribution < -0.4 is 5.73 Å². The topological polar surface area (TPSA) is 63.3 Å². The van der Waals surface area contributed by atoms with Crippen molar-refractivity contribution >= 4 is 17.7 Å². The molecule has 0 aromatic heterocycles. The SMILES string of the molecule is CC(CN)SCC(C)(C)C(=O)O. The first-order valence-electron chi connectivity index (χ1n) is 3.95. The van der Waals surface area contributed by atoms with E-state index >= 15 is 0 Å². The molecule has 3 nitrogen and oxygen atoms in total. The van der Waals surface area contributed by atoms with Gasteiger partial charge in [-0.1, -0.05) is 6.92 Å². The Bertz CT molecular complexity index is 159. The Balaban J connectivity index is 3.83. The Morgan fingerprint density at radius 3 is 2.50 bits per heavy atom. The number of carboxylic acids is 1. The molecule has 0 saturated carbocycles. The average Bonchev–Trinajstić information content (AvgIpc) is 2.00. The molecule has 1 atom stereocenters. The number of carbonyl (C=O) groups is 1. The van der Waals surface area contributed by atoms with E-state index in [9.17, 15) is 4.79 Å². The van der Waals surface area contributed by atoms with Gasteiger partial charge in [0.1, 0.15) is 0 Å². The summed E-state index contributed by atoms with van der Waals surface area (Å²) in [7, 11) is 0. The number of hydrogen-bond donors (Lipinski definition) is 2. The molecule has 3 N–H and O–H groups in total. The van der Waals surface area contributed by atoms with E-state index in [4.69, 9.17) is 10.8 Å². The van der Waals surface area contributed by atoms with Gasteiger partial charge in [-0.2, -0.15) is 11.8 Å². The molecule has 0 radical (unpaired) electrons. The van der Waals surface area contributed by atoms with Crippen molar-refractivity contribution in [3.05, 3.63) is 0 Å². The zero-order valence-corrected chi connectivity index (χ0v) is 8.65. The van der Waals surface area contributed by atoms with Crippen molar-refractivity contribution in [1.82, 2.24) is 0 Å². The molecule has 0 aliphatic rings. The van der Waals surface area contributed by atoms with E-state index in [1.165, 1.54) is 0 Å². The minimum atomic E-state index is -0.751. The average molecular weight is 191 g/mol. The van der Waals surface area contributed by atoms with Crippen molar-refractivity contribution in [3.8, 4) is 0 Å². The molecular weight excluding hydrogens is 174 g/mol. The third-order valence-corrected chi connectivity index (χ3v) is 3.29. The highest BCUT2D eigenvalue weighted by atomic mass is 32.2. The molecule has 0 aliphatic heterocycles. The lowest BCUT2D eigenvalue weighted by Gasteiger charge is -2.20. The van der Waals surface area contributed by atoms with E-state index in [-0.39, 0.29) is 0 Å². The molecule has 4 heteroatoms. The third kappa shape index (κ3) is 3.97. The van der Waals surface area contributed by atoms with Crippen LogP contribution in [0.4, 0.5) is 0 Å². The van der Waals surface area contributed by atoms with E-state index in [0.717, 1.165) is 0 Å². The molecule has 0 aromatic rings. The highest BCUT2D eigenvalue weighted by molar-refractivity contribution is 7.99. The normalized spacial score (nSPS) is 14.3. The fourth-order valence-corrected chi connectivity index (χ4v) is 1.44. The number of thioether (sulfide) groups is 1. The van der Waals surface area contributed by atoms with Crippen LogP contribution in [-0.4, -0.2) is 28.6 Å². The summed E-state index contributed by atoms with van der Waals surface area (Å²) in [5, 5.41) is 9.12. The molecule has 0 saturated heterocycles. The van der Waals surface area contributed by atoms with Crippen molar-refractivity contribution in [2.75, 3.05) is 12.3 Å². The summed E-state index contributed by atoms with van der Waals surface area (Å²) in [6.45, 7) is 6.06. The van der Waals surface area contributed by atoms with E-state index < -0.39 is 11.4 Å². The second-order valence-corrected chi connectivity index (χ2v) is 4.97. The Morgan fingerprint density at radius 2 is 2.17 bits per heavy atom. The number of carboxylic acid groups (broad SMARTS) is 1. The summed E-state index contributed by atoms with van der Waals surface area (Å²) < 4.78 is 0. The molecule has 0 rings (SSSR count). The zero-order chi connectivity index (χ0) is 9.78. The highest BCUT2D eigenvalue weighted by Crippen LogP contribution is 2.24. The molecule has 0 bridgehead atoms. The van der Waals surface area contributed by atoms with E-state index in [0.29, 0.717) is 17.5 Å². The van der Waals surface area contributed by atoms with Gasteiger partial charge in [-0.25, -0.2) is 0 Å². The van der Waals surface area contributed by atoms with Gasteiger partial charge in [-0.15, -0.1) is 0 Å². The fourth-order valence-electron chi connectivity index (χ4n) is 0.480. The first-order valence-corrected chi connectivity index (χ1v) is 5.00. The molecular formula is C8H17NO2S. The van der Waals surface area contributed by atoms with Crippen LogP contribution in [0.15, 0.2) is 0 Å². The molecule has 12 heavy (non-hydrogen) atoms. The Hall–Kier alpha value is -0.220. The molecule has 0 spiro atoms. The zero-order valence-electron chi connectivity index (χ0n) is 7.83. The van der Waals surface area contributed by atoms with Crippen LogP contribution >= 0.6 is 11.8 Å². The second kappa shape index (κ2) is 4.72. The van der Waals surface area contributed by atoms with Gasteiger partial charge >= 0.3 is 5.97 Å². The second-order valence-electron chi connectivity index (χ2n) is 3.55. The van der Waals surface area contributed by atoms with Crippen LogP contribution in [-0.2, 0) is 4.79 Å². The van der Waals surface area contributed by atoms with Gasteiger partial charge in [0, 0.05) is 17.5 Å². The van der Waals surface area contributed by atoms with Crippen LogP contribution in [0.1, 0.15) is 20.8 Å². The molecule has 72 valence electrons. The summed E-state index contributed by atoms with van der Waals surface area (Å²) in [5.41, 5.74) is 4.76. The standard InChI is InChI=1S/C8H17NO2S/c1-6(4-9)12-5-8(2,3)7(10)11/h6H,4-5,9H2,1-3H3,(H,10,11). The van der Waals surface area contributed by atoms with Crippen LogP contribution in [0, 0.1) is 5.41 Å². The summed E-state index contributed by atoms with van der Waals surface area (Å²) in [6.07, 6.45) is 0. The van der Waals surface area contributed by atoms with Gasteiger partial charge in [0.2, 0.25) is 0 Å². The van der Waals surface area contributed by atoms with Crippen LogP contribution in [0.2, 0.25) is 0 Å². The van der Waals surface area contributed by atoms with E-state index in [2.05, 4.69) is 0 Å². The minimum absolute atomic E-state index is 0.337. The highest BCUT2D eigenvalue weighted by Gasteiger charge is 2.27. The number of aliphatic carboxylic acids is 1. The van der Waals surface area contributed by atoms with Gasteiger partial charge in [-0.3, -0.25) is 4.79 Å². The number of nitrogens with two attached hydrogens (primary N) is 1. The van der Waals surface area contributed by atoms with Crippen molar-refractivity contribution in [1.29, 1.82) is 0 Å². The van der Waals surface area contributed by atoms with Crippen LogP contribution in [0.3, 0.4) is 0 Å². The number of rotatable bonds is 5. The lowest BCUT2D eigenvalue weighted by atomic mass is 9.97. The lowest BCUT2D eigenvalue weighted by molar-refractivity contribution is -0.145. The van der Waals surface area contributed by atoms with Gasteiger partial charge in [-0.05, 0) is 13.8 Å². The van der Waals surface area contributed by atoms with Crippen LogP contribution in [0.25, 0.3) is 0 Å². The summed E-state index contributed by atoms with van der Waals surface area (Å²) in [6, 6.07) is 0. The van der Waals surface area contributed by atoms with Gasteiger partial charge in [0.05, 0.1) is 5.41 Å². The molecule has 0 heterocycles. The summed E-state index contributed by atoms with van der Waals surface area (Å²) in [4.78, 5) is 10.7. The first kappa shape index (κ1) is 11.8. The quantitative estimate of drug-likeness (QED) is 0.685. The summed E-state index contributed by atoms with van der Waals surface area (Å²) >= 11 is 1.61. The van der Waals surface area contributed by atoms with Gasteiger partial charge < -0.3 is 10.8 Å². The maximum atomic E-state index is 10.7. The maximum absolute atomic E-state index is 10.7. The van der Waals surface area contributed by atoms with Crippen LogP contribution in [0.5, 0.6) is 0 Å². The third-order valence-electron chi connectivity index (χ3n) is 1.64. The maximum Gasteiger partial charge on any atom is 0.309 e. The molecule has 1 unspecified atom stereocenters. The largest absolute Gasteiger partial charge is 0.481 e. The Labute approximate surface area is 77.7 Å². The van der Waals surface area contributed by atoms with Gasteiger partial charge in [0.25, 0.3) is 0 Å². The van der Waals surface area contributed by atoms with E-state index in [1.807, 2.05) is 6.92 Å². The summed E-state index contributed by atoms with van der Waals surface area (Å²) in [5.74, 6) is -0.139. The number of hydrogen-bond acceptors (Lipinski definition) is 3. The Kier molecular flexibility index (Phi) is 4.63. The van der Waals surface area contributed by atoms with Gasteiger partial charge in [0.15, 0.2) is 0 Å². The molecule has 0 amide bonds. The molecule has 0 fully saturated rings. The monoisotopic (exact) mass is 191 g/mol. The molecule has 0 aromatic carbocycles. The lowest BCUT2D eigenvalue weighted by Crippen LogP contribution is -2.28. The van der Waals surface area contributed by atoms with Crippen molar-refractivity contribution in [3.63, 3.8) is 0 Å². The predicted octanol–water partition coefficient (Wildman–Crippen LogP) is 1.18. The van der Waals surface area contributed by atoms with E-state index in [1.54, 1.807) is 25.6 Å². The van der Waals surface area contributed by atoms with Crippen molar-refractivity contribution in [2.45, 2.75) is 26.0 Å². The Morgan fingerprint density at radius 1 is 1.67 bits per heavy atom. The predicted molar refractivity (Wildman–Crippen MR) is 52.4 cm³/mol. The molecule has 0 aliphatic carbocycles. The smallest absolute Gasteiger partial charge is 0.309 e. The minimum Gasteiger partial charge on any atom is -0.481 e.